The molecule has 2 aliphatic heterocycles. The van der Waals surface area contributed by atoms with Gasteiger partial charge in [0.15, 0.2) is 0 Å². The van der Waals surface area contributed by atoms with Gasteiger partial charge < -0.3 is 15.0 Å². The first-order valence-electron chi connectivity index (χ1n) is 11.3. The Balaban J connectivity index is 1.69. The number of nitro benzene ring substituents is 1. The van der Waals surface area contributed by atoms with E-state index in [0.29, 0.717) is 24.5 Å². The summed E-state index contributed by atoms with van der Waals surface area (Å²) in [6, 6.07) is 9.06. The van der Waals surface area contributed by atoms with Crippen molar-refractivity contribution in [1.29, 1.82) is 0 Å². The van der Waals surface area contributed by atoms with Crippen molar-refractivity contribution >= 4 is 33.0 Å². The first kappa shape index (κ1) is 24.1. The Hall–Kier alpha value is -3.02. The molecule has 182 valence electrons. The van der Waals surface area contributed by atoms with E-state index in [1.165, 1.54) is 28.6 Å². The summed E-state index contributed by atoms with van der Waals surface area (Å²) in [4.78, 5) is 26.1. The van der Waals surface area contributed by atoms with Crippen LogP contribution in [0, 0.1) is 17.0 Å². The molecule has 1 amide bonds. The topological polar surface area (TPSA) is 122 Å². The maximum Gasteiger partial charge on any atom is 0.273 e. The number of carbonyl (C=O) groups excluding carboxylic acids is 1. The first-order chi connectivity index (χ1) is 16.3. The number of hydrogen-bond donors (Lipinski definition) is 1. The van der Waals surface area contributed by atoms with Crippen molar-refractivity contribution in [1.82, 2.24) is 4.31 Å². The van der Waals surface area contributed by atoms with Crippen LogP contribution in [0.4, 0.5) is 17.1 Å². The molecule has 2 heterocycles. The van der Waals surface area contributed by atoms with Gasteiger partial charge >= 0.3 is 0 Å². The highest BCUT2D eigenvalue weighted by Crippen LogP contribution is 2.33. The van der Waals surface area contributed by atoms with Crippen LogP contribution in [0.1, 0.15) is 35.2 Å². The van der Waals surface area contributed by atoms with Gasteiger partial charge in [-0.25, -0.2) is 8.42 Å². The molecule has 0 aromatic heterocycles. The zero-order valence-electron chi connectivity index (χ0n) is 19.0. The molecule has 11 heteroatoms. The van der Waals surface area contributed by atoms with E-state index in [2.05, 4.69) is 10.2 Å². The number of sulfonamides is 1. The summed E-state index contributed by atoms with van der Waals surface area (Å²) >= 11 is 0. The van der Waals surface area contributed by atoms with Gasteiger partial charge in [0.1, 0.15) is 0 Å². The number of rotatable bonds is 6. The van der Waals surface area contributed by atoms with E-state index in [4.69, 9.17) is 4.74 Å². The SMILES string of the molecule is Cc1ccc(C(=O)Nc2cc(S(=O)(=O)N3CCOCC3)ccc2N2CCCCC2)cc1[N+](=O)[O-]. The number of morpholine rings is 1. The van der Waals surface area contributed by atoms with Crippen LogP contribution in [-0.4, -0.2) is 62.9 Å². The number of nitro groups is 1. The summed E-state index contributed by atoms with van der Waals surface area (Å²) in [5, 5.41) is 14.1. The van der Waals surface area contributed by atoms with Crippen molar-refractivity contribution in [3.63, 3.8) is 0 Å². The number of nitrogens with zero attached hydrogens (tertiary/aromatic N) is 3. The Labute approximate surface area is 198 Å². The number of piperidine rings is 1. The fraction of sp³-hybridized carbons (Fsp3) is 0.435. The highest BCUT2D eigenvalue weighted by atomic mass is 32.2. The molecule has 0 saturated carbocycles. The van der Waals surface area contributed by atoms with E-state index in [-0.39, 0.29) is 29.2 Å². The Kier molecular flexibility index (Phi) is 7.15. The Bertz CT molecular complexity index is 1190. The molecule has 34 heavy (non-hydrogen) atoms. The van der Waals surface area contributed by atoms with Crippen LogP contribution in [0.15, 0.2) is 41.3 Å². The van der Waals surface area contributed by atoms with Crippen LogP contribution in [-0.2, 0) is 14.8 Å². The minimum absolute atomic E-state index is 0.0837. The fourth-order valence-electron chi connectivity index (χ4n) is 4.26. The van der Waals surface area contributed by atoms with Crippen molar-refractivity contribution in [2.24, 2.45) is 0 Å². The van der Waals surface area contributed by atoms with Crippen LogP contribution in [0.25, 0.3) is 0 Å². The quantitative estimate of drug-likeness (QED) is 0.489. The van der Waals surface area contributed by atoms with Crippen molar-refractivity contribution in [2.45, 2.75) is 31.1 Å². The maximum absolute atomic E-state index is 13.2. The number of ether oxygens (including phenoxy) is 1. The largest absolute Gasteiger partial charge is 0.379 e. The van der Waals surface area contributed by atoms with Gasteiger partial charge in [0.05, 0.1) is 34.4 Å². The van der Waals surface area contributed by atoms with Gasteiger partial charge in [0, 0.05) is 43.4 Å². The van der Waals surface area contributed by atoms with E-state index in [1.54, 1.807) is 19.1 Å². The maximum atomic E-state index is 13.2. The second-order valence-corrected chi connectivity index (χ2v) is 10.4. The zero-order valence-corrected chi connectivity index (χ0v) is 19.8. The van der Waals surface area contributed by atoms with E-state index in [1.807, 2.05) is 0 Å². The lowest BCUT2D eigenvalue weighted by molar-refractivity contribution is -0.385. The van der Waals surface area contributed by atoms with E-state index in [9.17, 15) is 23.3 Å². The number of aryl methyl sites for hydroxylation is 1. The third kappa shape index (κ3) is 5.06. The number of anilines is 2. The van der Waals surface area contributed by atoms with Gasteiger partial charge in [-0.2, -0.15) is 4.31 Å². The molecule has 2 aliphatic rings. The third-order valence-electron chi connectivity index (χ3n) is 6.19. The zero-order chi connectivity index (χ0) is 24.3. The Morgan fingerprint density at radius 1 is 1.03 bits per heavy atom. The van der Waals surface area contributed by atoms with E-state index >= 15 is 0 Å². The first-order valence-corrected chi connectivity index (χ1v) is 12.7. The molecule has 2 aromatic carbocycles. The number of hydrogen-bond acceptors (Lipinski definition) is 7. The van der Waals surface area contributed by atoms with Gasteiger partial charge in [-0.15, -0.1) is 0 Å². The van der Waals surface area contributed by atoms with Crippen molar-refractivity contribution < 1.29 is 22.9 Å². The second-order valence-electron chi connectivity index (χ2n) is 8.46. The van der Waals surface area contributed by atoms with Crippen LogP contribution < -0.4 is 10.2 Å². The standard InChI is InChI=1S/C23H28N4O6S/c1-17-5-6-18(15-22(17)27(29)30)23(28)24-20-16-19(34(31,32)26-11-13-33-14-12-26)7-8-21(20)25-9-3-2-4-10-25/h5-8,15-16H,2-4,9-14H2,1H3,(H,24,28). The molecule has 0 radical (unpaired) electrons. The molecular formula is C23H28N4O6S. The number of amides is 1. The molecule has 2 fully saturated rings. The van der Waals surface area contributed by atoms with Gasteiger partial charge in [-0.05, 0) is 50.5 Å². The summed E-state index contributed by atoms with van der Waals surface area (Å²) in [7, 11) is -3.76. The van der Waals surface area contributed by atoms with E-state index < -0.39 is 20.9 Å². The second kappa shape index (κ2) is 10.1. The van der Waals surface area contributed by atoms with Crippen LogP contribution >= 0.6 is 0 Å². The average Bonchev–Trinajstić information content (AvgIpc) is 2.85. The summed E-state index contributed by atoms with van der Waals surface area (Å²) in [5.41, 5.74) is 1.53. The molecule has 0 aliphatic carbocycles. The molecule has 0 atom stereocenters. The Morgan fingerprint density at radius 2 is 1.74 bits per heavy atom. The highest BCUT2D eigenvalue weighted by molar-refractivity contribution is 7.89. The summed E-state index contributed by atoms with van der Waals surface area (Å²) < 4.78 is 33.1. The summed E-state index contributed by atoms with van der Waals surface area (Å²) in [6.45, 7) is 4.41. The predicted octanol–water partition coefficient (Wildman–Crippen LogP) is 3.17. The van der Waals surface area contributed by atoms with Gasteiger partial charge in [0.25, 0.3) is 11.6 Å². The van der Waals surface area contributed by atoms with Crippen molar-refractivity contribution in [2.75, 3.05) is 49.6 Å². The summed E-state index contributed by atoms with van der Waals surface area (Å²) in [6.07, 6.45) is 3.13. The Morgan fingerprint density at radius 3 is 2.41 bits per heavy atom. The van der Waals surface area contributed by atoms with Gasteiger partial charge in [-0.1, -0.05) is 6.07 Å². The lowest BCUT2D eigenvalue weighted by Crippen LogP contribution is -2.40. The minimum Gasteiger partial charge on any atom is -0.379 e. The number of benzene rings is 2. The molecule has 2 aromatic rings. The van der Waals surface area contributed by atoms with Crippen molar-refractivity contribution in [3.8, 4) is 0 Å². The predicted molar refractivity (Wildman–Crippen MR) is 128 cm³/mol. The third-order valence-corrected chi connectivity index (χ3v) is 8.08. The number of nitrogens with one attached hydrogen (secondary N) is 1. The molecule has 0 spiro atoms. The summed E-state index contributed by atoms with van der Waals surface area (Å²) in [5.74, 6) is -0.540. The fourth-order valence-corrected chi connectivity index (χ4v) is 5.70. The molecule has 4 rings (SSSR count). The molecule has 1 N–H and O–H groups in total. The van der Waals surface area contributed by atoms with Crippen LogP contribution in [0.2, 0.25) is 0 Å². The van der Waals surface area contributed by atoms with Crippen LogP contribution in [0.5, 0.6) is 0 Å². The molecular weight excluding hydrogens is 460 g/mol. The normalized spacial score (nSPS) is 17.4. The smallest absolute Gasteiger partial charge is 0.273 e. The van der Waals surface area contributed by atoms with Gasteiger partial charge in [0.2, 0.25) is 10.0 Å². The van der Waals surface area contributed by atoms with Gasteiger partial charge in [-0.3, -0.25) is 14.9 Å². The average molecular weight is 489 g/mol. The monoisotopic (exact) mass is 488 g/mol. The lowest BCUT2D eigenvalue weighted by Gasteiger charge is -2.31. The number of carbonyl (C=O) groups is 1. The molecule has 2 saturated heterocycles. The lowest BCUT2D eigenvalue weighted by atomic mass is 10.1. The minimum atomic E-state index is -3.76. The van der Waals surface area contributed by atoms with E-state index in [0.717, 1.165) is 38.0 Å². The molecule has 0 bridgehead atoms. The molecule has 10 nitrogen and oxygen atoms in total. The van der Waals surface area contributed by atoms with Crippen LogP contribution in [0.3, 0.4) is 0 Å². The van der Waals surface area contributed by atoms with Crippen molar-refractivity contribution in [3.05, 3.63) is 57.6 Å². The molecule has 0 unspecified atom stereocenters. The highest BCUT2D eigenvalue weighted by Gasteiger charge is 2.28.